The van der Waals surface area contributed by atoms with Gasteiger partial charge in [0.1, 0.15) is 17.7 Å². The summed E-state index contributed by atoms with van der Waals surface area (Å²) in [4.78, 5) is 68.8. The highest BCUT2D eigenvalue weighted by molar-refractivity contribution is 5.95. The number of aryl methyl sites for hydroxylation is 1. The van der Waals surface area contributed by atoms with E-state index in [1.165, 1.54) is 11.0 Å². The fourth-order valence-electron chi connectivity index (χ4n) is 9.39. The summed E-state index contributed by atoms with van der Waals surface area (Å²) < 4.78 is 13.4. The van der Waals surface area contributed by atoms with Crippen molar-refractivity contribution in [3.63, 3.8) is 0 Å². The number of carbonyl (C=O) groups excluding carboxylic acids is 5. The van der Waals surface area contributed by atoms with E-state index in [9.17, 15) is 24.0 Å². The molecule has 6 rings (SSSR count). The highest BCUT2D eigenvalue weighted by Crippen LogP contribution is 2.42. The first kappa shape index (κ1) is 52.8. The number of likely N-dealkylation sites (tertiary alicyclic amines) is 1. The molecule has 4 atom stereocenters. The Kier molecular flexibility index (Phi) is 18.4. The van der Waals surface area contributed by atoms with Gasteiger partial charge in [-0.3, -0.25) is 34.1 Å². The van der Waals surface area contributed by atoms with Gasteiger partial charge in [-0.05, 0) is 112 Å². The number of hydrazine groups is 1. The molecule has 2 aromatic heterocycles. The van der Waals surface area contributed by atoms with Crippen LogP contribution in [0.5, 0.6) is 0 Å². The number of hydrogen-bond acceptors (Lipinski definition) is 11. The van der Waals surface area contributed by atoms with E-state index in [0.717, 1.165) is 76.0 Å². The number of methoxy groups -OCH3 is 1. The molecule has 4 unspecified atom stereocenters. The highest BCUT2D eigenvalue weighted by Gasteiger charge is 2.40. The number of aldehydes is 1. The summed E-state index contributed by atoms with van der Waals surface area (Å²) >= 11 is 0. The predicted molar refractivity (Wildman–Crippen MR) is 264 cm³/mol. The number of nitriles is 1. The van der Waals surface area contributed by atoms with Gasteiger partial charge in [-0.2, -0.15) is 5.26 Å². The highest BCUT2D eigenvalue weighted by atomic mass is 16.5. The van der Waals surface area contributed by atoms with Crippen molar-refractivity contribution < 1.29 is 33.4 Å². The second-order valence-corrected chi connectivity index (χ2v) is 19.2. The van der Waals surface area contributed by atoms with Gasteiger partial charge in [0.25, 0.3) is 12.4 Å². The summed E-state index contributed by atoms with van der Waals surface area (Å²) in [6.45, 7) is 19.3. The lowest BCUT2D eigenvalue weighted by Gasteiger charge is -2.33. The zero-order valence-electron chi connectivity index (χ0n) is 41.3. The van der Waals surface area contributed by atoms with Crippen molar-refractivity contribution in [3.8, 4) is 28.5 Å². The molecule has 2 N–H and O–H groups in total. The maximum atomic E-state index is 14.0. The average molecular weight is 931 g/mol. The molecule has 364 valence electrons. The molecule has 0 spiro atoms. The lowest BCUT2D eigenvalue weighted by atomic mass is 9.84. The van der Waals surface area contributed by atoms with Gasteiger partial charge in [0, 0.05) is 74.3 Å². The number of nitrogens with zero attached hydrogens (tertiary/aromatic N) is 6. The van der Waals surface area contributed by atoms with E-state index in [1.54, 1.807) is 18.3 Å². The number of nitrogens with one attached hydrogen (secondary N) is 2. The van der Waals surface area contributed by atoms with Crippen LogP contribution in [0.3, 0.4) is 0 Å². The van der Waals surface area contributed by atoms with Crippen molar-refractivity contribution in [3.05, 3.63) is 90.3 Å². The summed E-state index contributed by atoms with van der Waals surface area (Å²) in [5, 5.41) is 14.7. The van der Waals surface area contributed by atoms with E-state index >= 15 is 0 Å². The quantitative estimate of drug-likeness (QED) is 0.0756. The fourth-order valence-corrected chi connectivity index (χ4v) is 9.39. The topological polar surface area (TPSA) is 179 Å². The number of fused-ring (bicyclic) bond motifs is 1. The van der Waals surface area contributed by atoms with Crippen LogP contribution in [0.2, 0.25) is 0 Å². The van der Waals surface area contributed by atoms with E-state index < -0.39 is 11.5 Å². The van der Waals surface area contributed by atoms with Gasteiger partial charge in [-0.1, -0.05) is 64.6 Å². The van der Waals surface area contributed by atoms with Gasteiger partial charge >= 0.3 is 0 Å². The molecule has 15 nitrogen and oxygen atoms in total. The first-order valence-electron chi connectivity index (χ1n) is 23.6. The van der Waals surface area contributed by atoms with Gasteiger partial charge in [0.05, 0.1) is 36.2 Å². The van der Waals surface area contributed by atoms with Crippen LogP contribution in [-0.2, 0) is 52.8 Å². The SMILES string of the molecule is C=CC(=O)N1CCC(C#N)(C=O)C1.CCn1c(-c2cccnc2C(C)OC)c(CC(C)(C)COC=O)c2cc(-c3cccc(CC(NC(=O)C(C(C)C)N(C)C)C(=O)N4CCCCN4)c3)ccc21. The van der Waals surface area contributed by atoms with E-state index in [-0.39, 0.29) is 54.4 Å². The number of hydrogen-bond donors (Lipinski definition) is 2. The van der Waals surface area contributed by atoms with Crippen LogP contribution in [0.4, 0.5) is 0 Å². The van der Waals surface area contributed by atoms with Crippen molar-refractivity contribution in [1.29, 1.82) is 5.26 Å². The van der Waals surface area contributed by atoms with Gasteiger partial charge in [-0.15, -0.1) is 0 Å². The molecule has 2 saturated heterocycles. The Labute approximate surface area is 401 Å². The minimum absolute atomic E-state index is 0.0707. The second-order valence-electron chi connectivity index (χ2n) is 19.2. The van der Waals surface area contributed by atoms with Crippen LogP contribution >= 0.6 is 0 Å². The molecular weight excluding hydrogens is 861 g/mol. The van der Waals surface area contributed by atoms with Crippen molar-refractivity contribution in [2.75, 3.05) is 54.0 Å². The van der Waals surface area contributed by atoms with Gasteiger partial charge < -0.3 is 29.1 Å². The molecule has 2 aliphatic rings. The van der Waals surface area contributed by atoms with Gasteiger partial charge in [-0.25, -0.2) is 5.43 Å². The maximum Gasteiger partial charge on any atom is 0.293 e. The van der Waals surface area contributed by atoms with Crippen LogP contribution in [0, 0.1) is 28.1 Å². The molecule has 2 fully saturated rings. The van der Waals surface area contributed by atoms with Crippen molar-refractivity contribution in [2.24, 2.45) is 16.7 Å². The minimum atomic E-state index is -0.987. The summed E-state index contributed by atoms with van der Waals surface area (Å²) in [5.41, 5.74) is 10.1. The third kappa shape index (κ3) is 12.5. The molecule has 0 bridgehead atoms. The summed E-state index contributed by atoms with van der Waals surface area (Å²) in [5.74, 6) is -0.433. The number of amides is 3. The summed E-state index contributed by atoms with van der Waals surface area (Å²) in [6, 6.07) is 19.8. The number of pyridine rings is 1. The van der Waals surface area contributed by atoms with Crippen molar-refractivity contribution in [2.45, 2.75) is 98.4 Å². The molecule has 0 saturated carbocycles. The Bertz CT molecular complexity index is 2460. The molecule has 3 amide bonds. The number of rotatable bonds is 19. The number of aromatic nitrogens is 2. The molecule has 68 heavy (non-hydrogen) atoms. The Balaban J connectivity index is 0.000000573. The van der Waals surface area contributed by atoms with E-state index in [4.69, 9.17) is 19.7 Å². The number of likely N-dealkylation sites (N-methyl/N-ethyl adjacent to an activating group) is 1. The third-order valence-electron chi connectivity index (χ3n) is 12.9. The zero-order chi connectivity index (χ0) is 49.8. The maximum absolute atomic E-state index is 14.0. The molecule has 15 heteroatoms. The van der Waals surface area contributed by atoms with E-state index in [0.29, 0.717) is 45.1 Å². The Morgan fingerprint density at radius 1 is 1.06 bits per heavy atom. The number of ether oxygens (including phenoxy) is 2. The predicted octanol–water partition coefficient (Wildman–Crippen LogP) is 6.69. The molecule has 4 aromatic rings. The first-order chi connectivity index (χ1) is 32.5. The van der Waals surface area contributed by atoms with Crippen molar-refractivity contribution >= 4 is 41.4 Å². The molecule has 4 heterocycles. The van der Waals surface area contributed by atoms with Crippen LogP contribution < -0.4 is 10.7 Å². The fraction of sp³-hybridized carbons (Fsp3) is 0.491. The molecule has 0 aliphatic carbocycles. The lowest BCUT2D eigenvalue weighted by molar-refractivity contribution is -0.141. The van der Waals surface area contributed by atoms with Crippen molar-refractivity contribution in [1.82, 2.24) is 35.1 Å². The van der Waals surface area contributed by atoms with Gasteiger partial charge in [0.2, 0.25) is 11.8 Å². The molecule has 0 radical (unpaired) electrons. The summed E-state index contributed by atoms with van der Waals surface area (Å²) in [7, 11) is 5.49. The van der Waals surface area contributed by atoms with Crippen LogP contribution in [0.25, 0.3) is 33.3 Å². The normalized spacial score (nSPS) is 17.4. The first-order valence-corrected chi connectivity index (χ1v) is 23.6. The number of benzene rings is 2. The monoisotopic (exact) mass is 931 g/mol. The van der Waals surface area contributed by atoms with Gasteiger partial charge in [0.15, 0.2) is 0 Å². The van der Waals surface area contributed by atoms with E-state index in [2.05, 4.69) is 79.1 Å². The van der Waals surface area contributed by atoms with E-state index in [1.807, 2.05) is 64.0 Å². The van der Waals surface area contributed by atoms with Crippen LogP contribution in [0.15, 0.2) is 73.4 Å². The zero-order valence-corrected chi connectivity index (χ0v) is 41.3. The second kappa shape index (κ2) is 23.7. The lowest BCUT2D eigenvalue weighted by Crippen LogP contribution is -2.58. The molecular formula is C53H70N8O7. The average Bonchev–Trinajstić information content (AvgIpc) is 3.91. The largest absolute Gasteiger partial charge is 0.467 e. The minimum Gasteiger partial charge on any atom is -0.467 e. The summed E-state index contributed by atoms with van der Waals surface area (Å²) in [6.07, 6.45) is 6.76. The molecule has 2 aromatic carbocycles. The van der Waals surface area contributed by atoms with Crippen LogP contribution in [0.1, 0.15) is 83.7 Å². The Hall–Kier alpha value is -6.21. The molecule has 2 aliphatic heterocycles. The third-order valence-corrected chi connectivity index (χ3v) is 12.9. The standard InChI is InChI=1S/C44H60N6O5.C9H10N2O2/c1-10-49-38-19-18-33(25-35(38)36(26-44(5,6)27-55-28-51)41(49)34-17-14-20-45-39(34)30(4)54-9)32-16-13-15-31(23-32)24-37(43(53)50-22-12-11-21-46-50)47-42(52)40(29(2)3)48(7)8;1-2-8(13)11-4-3-9(5-10,6-11)7-12/h13-20,23,25,28-30,37,40,46H,10-12,21-22,24,26-27H2,1-9H3,(H,47,52);2,7H,1,3-4,6H2. The smallest absolute Gasteiger partial charge is 0.293 e. The Morgan fingerprint density at radius 2 is 1.81 bits per heavy atom. The number of carbonyl (C=O) groups is 5. The van der Waals surface area contributed by atoms with Crippen LogP contribution in [-0.4, -0.2) is 121 Å². The Morgan fingerprint density at radius 3 is 2.41 bits per heavy atom.